The van der Waals surface area contributed by atoms with E-state index in [4.69, 9.17) is 14.6 Å². The van der Waals surface area contributed by atoms with E-state index in [9.17, 15) is 4.79 Å². The highest BCUT2D eigenvalue weighted by Crippen LogP contribution is 2.40. The number of para-hydroxylation sites is 1. The molecule has 3 aromatic carbocycles. The molecule has 1 aliphatic rings. The zero-order valence-electron chi connectivity index (χ0n) is 14.5. The number of carbonyl (C=O) groups is 1. The van der Waals surface area contributed by atoms with Crippen LogP contribution in [0, 0.1) is 0 Å². The van der Waals surface area contributed by atoms with Gasteiger partial charge in [-0.1, -0.05) is 42.5 Å². The molecule has 0 atom stereocenters. The molecule has 1 N–H and O–H groups in total. The Labute approximate surface area is 152 Å². The van der Waals surface area contributed by atoms with Crippen LogP contribution in [0.1, 0.15) is 28.4 Å². The van der Waals surface area contributed by atoms with Crippen molar-refractivity contribution in [3.63, 3.8) is 0 Å². The van der Waals surface area contributed by atoms with Crippen molar-refractivity contribution >= 4 is 5.97 Å². The number of carboxylic acids is 1. The lowest BCUT2D eigenvalue weighted by Crippen LogP contribution is -2.05. The highest BCUT2D eigenvalue weighted by molar-refractivity contribution is 5.87. The molecule has 0 amide bonds. The lowest BCUT2D eigenvalue weighted by Gasteiger charge is -2.22. The van der Waals surface area contributed by atoms with Crippen LogP contribution in [0.4, 0.5) is 0 Å². The van der Waals surface area contributed by atoms with Crippen molar-refractivity contribution in [3.8, 4) is 17.2 Å². The van der Waals surface area contributed by atoms with E-state index in [0.717, 1.165) is 29.2 Å². The molecule has 132 valence electrons. The van der Waals surface area contributed by atoms with E-state index in [1.807, 2.05) is 43.3 Å². The van der Waals surface area contributed by atoms with Gasteiger partial charge in [-0.3, -0.25) is 0 Å². The van der Waals surface area contributed by atoms with E-state index in [2.05, 4.69) is 6.07 Å². The zero-order chi connectivity index (χ0) is 18.4. The van der Waals surface area contributed by atoms with Crippen molar-refractivity contribution in [1.82, 2.24) is 0 Å². The fourth-order valence-corrected chi connectivity index (χ4v) is 2.75. The van der Waals surface area contributed by atoms with E-state index < -0.39 is 5.97 Å². The molecule has 0 aliphatic carbocycles. The molecule has 0 saturated carbocycles. The lowest BCUT2D eigenvalue weighted by atomic mass is 9.99. The van der Waals surface area contributed by atoms with Gasteiger partial charge in [-0.2, -0.15) is 0 Å². The molecular weight excluding hydrogens is 328 g/mol. The Morgan fingerprint density at radius 2 is 1.65 bits per heavy atom. The Bertz CT molecular complexity index is 888. The number of rotatable bonds is 3. The minimum atomic E-state index is -0.879. The highest BCUT2D eigenvalue weighted by atomic mass is 16.5. The number of benzene rings is 3. The molecule has 4 heteroatoms. The summed E-state index contributed by atoms with van der Waals surface area (Å²) in [5.41, 5.74) is 2.69. The molecule has 1 heterocycles. The van der Waals surface area contributed by atoms with Gasteiger partial charge >= 0.3 is 5.97 Å². The van der Waals surface area contributed by atoms with Crippen LogP contribution in [0.15, 0.2) is 72.8 Å². The number of hydrogen-bond donors (Lipinski definition) is 1. The second kappa shape index (κ2) is 8.21. The maximum atomic E-state index is 10.2. The van der Waals surface area contributed by atoms with Crippen LogP contribution < -0.4 is 9.47 Å². The number of aromatic carboxylic acids is 1. The summed E-state index contributed by atoms with van der Waals surface area (Å²) in [7, 11) is 0. The van der Waals surface area contributed by atoms with Crippen LogP contribution in [0.5, 0.6) is 17.2 Å². The fourth-order valence-electron chi connectivity index (χ4n) is 2.75. The molecule has 0 aromatic heterocycles. The van der Waals surface area contributed by atoms with E-state index in [0.29, 0.717) is 12.2 Å². The smallest absolute Gasteiger partial charge is 0.335 e. The predicted molar refractivity (Wildman–Crippen MR) is 100 cm³/mol. The normalized spacial score (nSPS) is 11.1. The van der Waals surface area contributed by atoms with Gasteiger partial charge in [0.2, 0.25) is 0 Å². The van der Waals surface area contributed by atoms with E-state index in [-0.39, 0.29) is 0 Å². The highest BCUT2D eigenvalue weighted by Gasteiger charge is 2.19. The molecule has 1 aliphatic heterocycles. The molecule has 0 saturated heterocycles. The Hall–Kier alpha value is -3.27. The molecule has 0 fully saturated rings. The number of fused-ring (bicyclic) bond motifs is 2. The fraction of sp³-hybridized carbons (Fsp3) is 0.136. The standard InChI is InChI=1S/C15H14O2.C7H6O2/c1-2-16-14-8-5-9-15-12(14)10-11-6-3-4-7-13(11)17-15;8-7(9)6-4-2-1-3-5-6/h3-9H,2,10H2,1H3;1-5H,(H,8,9). The third-order valence-corrected chi connectivity index (χ3v) is 3.97. The van der Waals surface area contributed by atoms with Gasteiger partial charge in [0.15, 0.2) is 0 Å². The van der Waals surface area contributed by atoms with Crippen LogP contribution in [-0.4, -0.2) is 17.7 Å². The van der Waals surface area contributed by atoms with Crippen molar-refractivity contribution in [2.24, 2.45) is 0 Å². The average Bonchev–Trinajstić information content (AvgIpc) is 2.68. The Balaban J connectivity index is 0.000000185. The lowest BCUT2D eigenvalue weighted by molar-refractivity contribution is 0.0697. The van der Waals surface area contributed by atoms with Gasteiger partial charge in [0.25, 0.3) is 0 Å². The van der Waals surface area contributed by atoms with Gasteiger partial charge in [0, 0.05) is 12.0 Å². The predicted octanol–water partition coefficient (Wildman–Crippen LogP) is 5.17. The van der Waals surface area contributed by atoms with Crippen molar-refractivity contribution in [2.45, 2.75) is 13.3 Å². The van der Waals surface area contributed by atoms with Crippen molar-refractivity contribution in [1.29, 1.82) is 0 Å². The largest absolute Gasteiger partial charge is 0.493 e. The van der Waals surface area contributed by atoms with E-state index in [1.54, 1.807) is 30.3 Å². The molecule has 0 bridgehead atoms. The van der Waals surface area contributed by atoms with E-state index in [1.165, 1.54) is 5.56 Å². The van der Waals surface area contributed by atoms with E-state index >= 15 is 0 Å². The monoisotopic (exact) mass is 348 g/mol. The third kappa shape index (κ3) is 4.03. The quantitative estimate of drug-likeness (QED) is 0.555. The molecule has 0 unspecified atom stereocenters. The first-order valence-corrected chi connectivity index (χ1v) is 8.48. The first kappa shape index (κ1) is 17.5. The summed E-state index contributed by atoms with van der Waals surface area (Å²) in [5, 5.41) is 8.38. The summed E-state index contributed by atoms with van der Waals surface area (Å²) < 4.78 is 11.5. The van der Waals surface area contributed by atoms with Crippen LogP contribution >= 0.6 is 0 Å². The summed E-state index contributed by atoms with van der Waals surface area (Å²) in [6, 6.07) is 22.4. The number of carboxylic acid groups (broad SMARTS) is 1. The molecule has 4 nitrogen and oxygen atoms in total. The molecule has 4 rings (SSSR count). The van der Waals surface area contributed by atoms with Crippen molar-refractivity contribution in [2.75, 3.05) is 6.61 Å². The van der Waals surface area contributed by atoms with Gasteiger partial charge in [0.05, 0.1) is 12.2 Å². The Morgan fingerprint density at radius 1 is 0.962 bits per heavy atom. The summed E-state index contributed by atoms with van der Waals surface area (Å²) in [6.45, 7) is 2.68. The summed E-state index contributed by atoms with van der Waals surface area (Å²) in [4.78, 5) is 10.2. The first-order valence-electron chi connectivity index (χ1n) is 8.48. The van der Waals surface area contributed by atoms with Gasteiger partial charge < -0.3 is 14.6 Å². The van der Waals surface area contributed by atoms with Crippen LogP contribution in [0.25, 0.3) is 0 Å². The molecule has 0 radical (unpaired) electrons. The topological polar surface area (TPSA) is 55.8 Å². The minimum Gasteiger partial charge on any atom is -0.493 e. The SMILES string of the molecule is CCOc1cccc2c1Cc1ccccc1O2.O=C(O)c1ccccc1. The second-order valence-corrected chi connectivity index (χ2v) is 5.72. The molecule has 0 spiro atoms. The molecule has 3 aromatic rings. The Kier molecular flexibility index (Phi) is 5.54. The van der Waals surface area contributed by atoms with Crippen LogP contribution in [-0.2, 0) is 6.42 Å². The molecule has 26 heavy (non-hydrogen) atoms. The average molecular weight is 348 g/mol. The van der Waals surface area contributed by atoms with Crippen molar-refractivity contribution in [3.05, 3.63) is 89.5 Å². The third-order valence-electron chi connectivity index (χ3n) is 3.97. The summed E-state index contributed by atoms with van der Waals surface area (Å²) in [5.74, 6) is 1.92. The zero-order valence-corrected chi connectivity index (χ0v) is 14.5. The van der Waals surface area contributed by atoms with Gasteiger partial charge in [-0.25, -0.2) is 4.79 Å². The maximum absolute atomic E-state index is 10.2. The van der Waals surface area contributed by atoms with Crippen LogP contribution in [0.3, 0.4) is 0 Å². The second-order valence-electron chi connectivity index (χ2n) is 5.72. The Morgan fingerprint density at radius 3 is 2.35 bits per heavy atom. The minimum absolute atomic E-state index is 0.331. The van der Waals surface area contributed by atoms with Gasteiger partial charge in [-0.15, -0.1) is 0 Å². The number of hydrogen-bond acceptors (Lipinski definition) is 3. The molecular formula is C22H20O4. The van der Waals surface area contributed by atoms with Crippen molar-refractivity contribution < 1.29 is 19.4 Å². The maximum Gasteiger partial charge on any atom is 0.335 e. The van der Waals surface area contributed by atoms with Crippen LogP contribution in [0.2, 0.25) is 0 Å². The summed E-state index contributed by atoms with van der Waals surface area (Å²) in [6.07, 6.45) is 0.877. The van der Waals surface area contributed by atoms with Gasteiger partial charge in [0.1, 0.15) is 17.2 Å². The summed E-state index contributed by atoms with van der Waals surface area (Å²) >= 11 is 0. The van der Waals surface area contributed by atoms with Gasteiger partial charge in [-0.05, 0) is 42.8 Å². The first-order chi connectivity index (χ1) is 12.7. The number of ether oxygens (including phenoxy) is 2.